The van der Waals surface area contributed by atoms with Crippen molar-refractivity contribution >= 4 is 33.9 Å². The van der Waals surface area contributed by atoms with Gasteiger partial charge in [-0.25, -0.2) is 4.79 Å². The Bertz CT molecular complexity index is 585. The molecule has 1 aromatic rings. The molecule has 1 heterocycles. The minimum atomic E-state index is -0.950. The summed E-state index contributed by atoms with van der Waals surface area (Å²) in [6, 6.07) is 4.76. The maximum absolute atomic E-state index is 12.1. The van der Waals surface area contributed by atoms with Gasteiger partial charge in [0.15, 0.2) is 0 Å². The fourth-order valence-corrected chi connectivity index (χ4v) is 2.76. The van der Waals surface area contributed by atoms with Crippen molar-refractivity contribution in [2.45, 2.75) is 18.9 Å². The summed E-state index contributed by atoms with van der Waals surface area (Å²) in [7, 11) is 1.56. The predicted molar refractivity (Wildman–Crippen MR) is 82.1 cm³/mol. The summed E-state index contributed by atoms with van der Waals surface area (Å²) in [6.45, 7) is 0.482. The smallest absolute Gasteiger partial charge is 0.326 e. The van der Waals surface area contributed by atoms with E-state index in [1.54, 1.807) is 19.3 Å². The minimum absolute atomic E-state index is 0.290. The van der Waals surface area contributed by atoms with Crippen LogP contribution < -0.4 is 4.74 Å². The van der Waals surface area contributed by atoms with Crippen molar-refractivity contribution in [2.24, 2.45) is 0 Å². The summed E-state index contributed by atoms with van der Waals surface area (Å²) in [4.78, 5) is 24.6. The first kappa shape index (κ1) is 15.6. The van der Waals surface area contributed by atoms with E-state index in [4.69, 9.17) is 9.84 Å². The molecular formula is C15H16BrNO4. The second-order valence-corrected chi connectivity index (χ2v) is 5.66. The van der Waals surface area contributed by atoms with Crippen molar-refractivity contribution in [3.8, 4) is 5.75 Å². The second-order valence-electron chi connectivity index (χ2n) is 4.75. The van der Waals surface area contributed by atoms with Crippen molar-refractivity contribution in [1.29, 1.82) is 0 Å². The Morgan fingerprint density at radius 2 is 2.24 bits per heavy atom. The Hall–Kier alpha value is -1.82. The number of likely N-dealkylation sites (tertiary alicyclic amines) is 1. The maximum atomic E-state index is 12.1. The molecule has 1 aliphatic rings. The van der Waals surface area contributed by atoms with Crippen molar-refractivity contribution in [3.05, 3.63) is 34.3 Å². The molecule has 6 heteroatoms. The van der Waals surface area contributed by atoms with E-state index in [-0.39, 0.29) is 5.91 Å². The predicted octanol–water partition coefficient (Wildman–Crippen LogP) is 2.55. The fraction of sp³-hybridized carbons (Fsp3) is 0.333. The summed E-state index contributed by atoms with van der Waals surface area (Å²) >= 11 is 3.36. The van der Waals surface area contributed by atoms with Crippen LogP contribution in [0.4, 0.5) is 0 Å². The van der Waals surface area contributed by atoms with Gasteiger partial charge in [-0.15, -0.1) is 0 Å². The average molecular weight is 354 g/mol. The molecular weight excluding hydrogens is 338 g/mol. The number of nitrogens with zero attached hydrogens (tertiary/aromatic N) is 1. The van der Waals surface area contributed by atoms with Gasteiger partial charge in [-0.1, -0.05) is 15.9 Å². The number of halogens is 1. The zero-order chi connectivity index (χ0) is 15.4. The number of carbonyl (C=O) groups is 2. The van der Waals surface area contributed by atoms with Crippen molar-refractivity contribution < 1.29 is 19.4 Å². The number of carboxylic acid groups (broad SMARTS) is 1. The number of carboxylic acids is 1. The number of methoxy groups -OCH3 is 1. The third-order valence-electron chi connectivity index (χ3n) is 3.42. The molecule has 0 radical (unpaired) electrons. The lowest BCUT2D eigenvalue weighted by atomic mass is 10.2. The molecule has 0 saturated carbocycles. The first-order chi connectivity index (χ1) is 10.0. The molecule has 0 unspecified atom stereocenters. The molecule has 2 rings (SSSR count). The molecule has 1 aliphatic heterocycles. The molecule has 5 nitrogen and oxygen atoms in total. The van der Waals surface area contributed by atoms with Crippen LogP contribution in [0.3, 0.4) is 0 Å². The lowest BCUT2D eigenvalue weighted by Gasteiger charge is -2.19. The van der Waals surface area contributed by atoms with E-state index in [2.05, 4.69) is 15.9 Å². The summed E-state index contributed by atoms with van der Waals surface area (Å²) in [5.41, 5.74) is 0.756. The molecule has 0 aliphatic carbocycles. The Labute approximate surface area is 131 Å². The molecule has 1 amide bonds. The third kappa shape index (κ3) is 3.64. The van der Waals surface area contributed by atoms with Gasteiger partial charge in [0.1, 0.15) is 11.8 Å². The van der Waals surface area contributed by atoms with Gasteiger partial charge in [0.05, 0.1) is 7.11 Å². The molecule has 1 atom stereocenters. The van der Waals surface area contributed by atoms with E-state index in [1.165, 1.54) is 11.0 Å². The van der Waals surface area contributed by atoms with Gasteiger partial charge < -0.3 is 14.7 Å². The van der Waals surface area contributed by atoms with Gasteiger partial charge in [-0.05, 0) is 37.1 Å². The molecule has 1 N–H and O–H groups in total. The Kier molecular flexibility index (Phi) is 5.01. The molecule has 112 valence electrons. The minimum Gasteiger partial charge on any atom is -0.496 e. The van der Waals surface area contributed by atoms with Gasteiger partial charge >= 0.3 is 5.97 Å². The summed E-state index contributed by atoms with van der Waals surface area (Å²) in [6.07, 6.45) is 4.26. The second kappa shape index (κ2) is 6.76. The maximum Gasteiger partial charge on any atom is 0.326 e. The van der Waals surface area contributed by atoms with Crippen molar-refractivity contribution in [2.75, 3.05) is 13.7 Å². The number of amides is 1. The summed E-state index contributed by atoms with van der Waals surface area (Å²) in [5.74, 6) is -0.588. The first-order valence-electron chi connectivity index (χ1n) is 6.58. The van der Waals surface area contributed by atoms with E-state index >= 15 is 0 Å². The van der Waals surface area contributed by atoms with Gasteiger partial charge in [0, 0.05) is 22.7 Å². The van der Waals surface area contributed by atoms with Crippen molar-refractivity contribution in [3.63, 3.8) is 0 Å². The van der Waals surface area contributed by atoms with Crippen LogP contribution in [0.1, 0.15) is 18.4 Å². The van der Waals surface area contributed by atoms with Crippen LogP contribution in [-0.2, 0) is 9.59 Å². The van der Waals surface area contributed by atoms with Crippen LogP contribution in [0.25, 0.3) is 6.08 Å². The third-order valence-corrected chi connectivity index (χ3v) is 3.91. The molecule has 1 fully saturated rings. The van der Waals surface area contributed by atoms with Gasteiger partial charge in [0.25, 0.3) is 0 Å². The monoisotopic (exact) mass is 353 g/mol. The number of carbonyl (C=O) groups excluding carboxylic acids is 1. The summed E-state index contributed by atoms with van der Waals surface area (Å²) in [5, 5.41) is 9.09. The fourth-order valence-electron chi connectivity index (χ4n) is 2.38. The molecule has 21 heavy (non-hydrogen) atoms. The highest BCUT2D eigenvalue weighted by molar-refractivity contribution is 9.10. The zero-order valence-corrected chi connectivity index (χ0v) is 13.2. The number of rotatable bonds is 4. The average Bonchev–Trinajstić information content (AvgIpc) is 2.94. The lowest BCUT2D eigenvalue weighted by Crippen LogP contribution is -2.39. The van der Waals surface area contributed by atoms with Crippen molar-refractivity contribution in [1.82, 2.24) is 4.90 Å². The first-order valence-corrected chi connectivity index (χ1v) is 7.37. The number of hydrogen-bond donors (Lipinski definition) is 1. The van der Waals surface area contributed by atoms with Gasteiger partial charge in [-0.3, -0.25) is 4.79 Å². The highest BCUT2D eigenvalue weighted by Crippen LogP contribution is 2.24. The van der Waals surface area contributed by atoms with E-state index in [1.807, 2.05) is 12.1 Å². The standard InChI is InChI=1S/C15H16BrNO4/c1-21-13-6-5-11(16)9-10(13)4-7-14(18)17-8-2-3-12(17)15(19)20/h4-7,9,12H,2-3,8H2,1H3,(H,19,20)/t12-/m1/s1. The summed E-state index contributed by atoms with van der Waals surface area (Å²) < 4.78 is 6.10. The van der Waals surface area contributed by atoms with Crippen LogP contribution in [0.2, 0.25) is 0 Å². The van der Waals surface area contributed by atoms with Gasteiger partial charge in [0.2, 0.25) is 5.91 Å². The van der Waals surface area contributed by atoms with Crippen LogP contribution in [0, 0.1) is 0 Å². The van der Waals surface area contributed by atoms with E-state index in [0.717, 1.165) is 16.5 Å². The number of benzene rings is 1. The highest BCUT2D eigenvalue weighted by atomic mass is 79.9. The molecule has 1 aromatic carbocycles. The topological polar surface area (TPSA) is 66.8 Å². The molecule has 0 aromatic heterocycles. The quantitative estimate of drug-likeness (QED) is 0.844. The van der Waals surface area contributed by atoms with E-state index < -0.39 is 12.0 Å². The SMILES string of the molecule is COc1ccc(Br)cc1C=CC(=O)N1CCC[C@@H]1C(=O)O. The Balaban J connectivity index is 2.15. The number of hydrogen-bond acceptors (Lipinski definition) is 3. The lowest BCUT2D eigenvalue weighted by molar-refractivity contribution is -0.146. The van der Waals surface area contributed by atoms with E-state index in [0.29, 0.717) is 18.7 Å². The number of ether oxygens (including phenoxy) is 1. The van der Waals surface area contributed by atoms with Crippen LogP contribution in [0.15, 0.2) is 28.7 Å². The van der Waals surface area contributed by atoms with Crippen LogP contribution >= 0.6 is 15.9 Å². The van der Waals surface area contributed by atoms with Crippen LogP contribution in [-0.4, -0.2) is 41.6 Å². The van der Waals surface area contributed by atoms with E-state index in [9.17, 15) is 9.59 Å². The highest BCUT2D eigenvalue weighted by Gasteiger charge is 2.32. The largest absolute Gasteiger partial charge is 0.496 e. The number of aliphatic carboxylic acids is 1. The Morgan fingerprint density at radius 1 is 1.48 bits per heavy atom. The molecule has 0 spiro atoms. The van der Waals surface area contributed by atoms with Gasteiger partial charge in [-0.2, -0.15) is 0 Å². The normalized spacial score (nSPS) is 18.2. The molecule has 0 bridgehead atoms. The van der Waals surface area contributed by atoms with Crippen LogP contribution in [0.5, 0.6) is 5.75 Å². The zero-order valence-electron chi connectivity index (χ0n) is 11.6. The molecule has 1 saturated heterocycles. The Morgan fingerprint density at radius 3 is 2.90 bits per heavy atom.